The van der Waals surface area contributed by atoms with Crippen LogP contribution in [0.2, 0.25) is 0 Å². The molecule has 1 aromatic rings. The molecule has 14 heavy (non-hydrogen) atoms. The van der Waals surface area contributed by atoms with E-state index in [0.29, 0.717) is 18.1 Å². The van der Waals surface area contributed by atoms with E-state index in [4.69, 9.17) is 10.6 Å². The highest BCUT2D eigenvalue weighted by Gasteiger charge is 2.05. The summed E-state index contributed by atoms with van der Waals surface area (Å²) in [5, 5.41) is 3.55. The maximum Gasteiger partial charge on any atom is 0.259 e. The van der Waals surface area contributed by atoms with Gasteiger partial charge in [-0.15, -0.1) is 0 Å². The molecule has 0 aromatic carbocycles. The molecule has 0 atom stereocenters. The minimum atomic E-state index is 0.0131. The van der Waals surface area contributed by atoms with Crippen molar-refractivity contribution in [1.82, 2.24) is 4.98 Å². The Balaban J connectivity index is 2.94. The third kappa shape index (κ3) is 2.55. The van der Waals surface area contributed by atoms with Crippen molar-refractivity contribution in [2.45, 2.75) is 6.92 Å². The molecule has 0 fully saturated rings. The molecule has 5 heteroatoms. The number of oxime groups is 1. The first-order valence-corrected chi connectivity index (χ1v) is 4.09. The first kappa shape index (κ1) is 10.2. The normalized spacial score (nSPS) is 11.1. The number of rotatable bonds is 4. The lowest BCUT2D eigenvalue weighted by atomic mass is 10.2. The molecule has 0 aliphatic carbocycles. The summed E-state index contributed by atoms with van der Waals surface area (Å²) in [5.74, 6) is 0.321. The minimum Gasteiger partial charge on any atom is -0.395 e. The molecule has 73 valence electrons. The van der Waals surface area contributed by atoms with Gasteiger partial charge >= 0.3 is 0 Å². The van der Waals surface area contributed by atoms with Gasteiger partial charge in [0.1, 0.15) is 12.4 Å². The first-order chi connectivity index (χ1) is 6.77. The highest BCUT2D eigenvalue weighted by molar-refractivity contribution is 6.35. The highest BCUT2D eigenvalue weighted by Crippen LogP contribution is 2.01. The SMILES string of the molecule is CCO/N=C(\[C]=O)c1cccc(N)n1. The quantitative estimate of drug-likeness (QED) is 0.557. The van der Waals surface area contributed by atoms with E-state index >= 15 is 0 Å². The molecule has 0 saturated carbocycles. The summed E-state index contributed by atoms with van der Waals surface area (Å²) < 4.78 is 0. The molecule has 1 rings (SSSR count). The molecule has 0 amide bonds. The molecule has 1 aromatic heterocycles. The summed E-state index contributed by atoms with van der Waals surface area (Å²) in [4.78, 5) is 19.1. The van der Waals surface area contributed by atoms with E-state index in [9.17, 15) is 4.79 Å². The molecular formula is C9H10N3O2. The monoisotopic (exact) mass is 192 g/mol. The van der Waals surface area contributed by atoms with Crippen molar-refractivity contribution in [3.8, 4) is 0 Å². The van der Waals surface area contributed by atoms with E-state index in [2.05, 4.69) is 10.1 Å². The lowest BCUT2D eigenvalue weighted by Crippen LogP contribution is -2.07. The number of nitrogen functional groups attached to an aromatic ring is 1. The lowest BCUT2D eigenvalue weighted by molar-refractivity contribution is 0.159. The molecule has 1 heterocycles. The molecule has 0 unspecified atom stereocenters. The molecule has 0 aliphatic rings. The predicted molar refractivity (Wildman–Crippen MR) is 52.5 cm³/mol. The zero-order valence-electron chi connectivity index (χ0n) is 7.73. The van der Waals surface area contributed by atoms with E-state index in [1.165, 1.54) is 0 Å². The van der Waals surface area contributed by atoms with Gasteiger partial charge in [-0.25, -0.2) is 4.98 Å². The van der Waals surface area contributed by atoms with Gasteiger partial charge in [-0.05, 0) is 19.1 Å². The van der Waals surface area contributed by atoms with Gasteiger partial charge in [-0.3, -0.25) is 4.79 Å². The van der Waals surface area contributed by atoms with Gasteiger partial charge in [0, 0.05) is 0 Å². The topological polar surface area (TPSA) is 77.6 Å². The molecule has 0 saturated heterocycles. The number of pyridine rings is 1. The van der Waals surface area contributed by atoms with Crippen LogP contribution in [-0.4, -0.2) is 23.6 Å². The van der Waals surface area contributed by atoms with Crippen molar-refractivity contribution in [2.75, 3.05) is 12.3 Å². The summed E-state index contributed by atoms with van der Waals surface area (Å²) in [5.41, 5.74) is 5.81. The smallest absolute Gasteiger partial charge is 0.259 e. The Hall–Kier alpha value is -1.91. The molecule has 1 radical (unpaired) electrons. The van der Waals surface area contributed by atoms with Gasteiger partial charge in [0.2, 0.25) is 0 Å². The van der Waals surface area contributed by atoms with E-state index in [0.717, 1.165) is 0 Å². The summed E-state index contributed by atoms with van der Waals surface area (Å²) in [7, 11) is 0. The molecule has 5 nitrogen and oxygen atoms in total. The van der Waals surface area contributed by atoms with Crippen molar-refractivity contribution in [2.24, 2.45) is 5.16 Å². The summed E-state index contributed by atoms with van der Waals surface area (Å²) in [6.07, 6.45) is 1.64. The molecule has 0 spiro atoms. The Morgan fingerprint density at radius 2 is 2.50 bits per heavy atom. The zero-order valence-corrected chi connectivity index (χ0v) is 7.73. The minimum absolute atomic E-state index is 0.0131. The number of aromatic nitrogens is 1. The average molecular weight is 192 g/mol. The zero-order chi connectivity index (χ0) is 10.4. The third-order valence-corrected chi connectivity index (χ3v) is 1.39. The summed E-state index contributed by atoms with van der Waals surface area (Å²) in [6, 6.07) is 4.90. The van der Waals surface area contributed by atoms with Crippen molar-refractivity contribution >= 4 is 17.8 Å². The van der Waals surface area contributed by atoms with Crippen LogP contribution >= 0.6 is 0 Å². The fourth-order valence-electron chi connectivity index (χ4n) is 0.830. The van der Waals surface area contributed by atoms with Crippen molar-refractivity contribution in [3.05, 3.63) is 23.9 Å². The lowest BCUT2D eigenvalue weighted by Gasteiger charge is -1.98. The molecule has 2 N–H and O–H groups in total. The van der Waals surface area contributed by atoms with E-state index < -0.39 is 0 Å². The largest absolute Gasteiger partial charge is 0.395 e. The van der Waals surface area contributed by atoms with Crippen LogP contribution in [0, 0.1) is 0 Å². The fourth-order valence-corrected chi connectivity index (χ4v) is 0.830. The van der Waals surface area contributed by atoms with Gasteiger partial charge in [0.25, 0.3) is 6.29 Å². The second-order valence-corrected chi connectivity index (χ2v) is 2.41. The summed E-state index contributed by atoms with van der Waals surface area (Å²) >= 11 is 0. The van der Waals surface area contributed by atoms with Crippen molar-refractivity contribution < 1.29 is 9.63 Å². The number of hydrogen-bond acceptors (Lipinski definition) is 5. The van der Waals surface area contributed by atoms with Crippen LogP contribution in [-0.2, 0) is 9.63 Å². The number of nitrogens with zero attached hydrogens (tertiary/aromatic N) is 2. The molecule has 0 bridgehead atoms. The second kappa shape index (κ2) is 4.96. The summed E-state index contributed by atoms with van der Waals surface area (Å²) in [6.45, 7) is 2.15. The number of nitrogens with two attached hydrogens (primary N) is 1. The van der Waals surface area contributed by atoms with Gasteiger partial charge in [-0.1, -0.05) is 11.2 Å². The van der Waals surface area contributed by atoms with Crippen LogP contribution in [0.4, 0.5) is 5.82 Å². The third-order valence-electron chi connectivity index (χ3n) is 1.39. The molecular weight excluding hydrogens is 182 g/mol. The maximum atomic E-state index is 10.5. The Morgan fingerprint density at radius 1 is 1.71 bits per heavy atom. The standard InChI is InChI=1S/C9H10N3O2/c1-2-14-12-8(6-13)7-4-3-5-9(10)11-7/h3-5H,2H2,1H3,(H2,10,11)/b12-8+. The van der Waals surface area contributed by atoms with Gasteiger partial charge in [0.05, 0.1) is 5.69 Å². The van der Waals surface area contributed by atoms with Crippen LogP contribution in [0.15, 0.2) is 23.4 Å². The number of anilines is 1. The van der Waals surface area contributed by atoms with Crippen molar-refractivity contribution in [1.29, 1.82) is 0 Å². The Bertz CT molecular complexity index is 350. The van der Waals surface area contributed by atoms with Crippen LogP contribution in [0.5, 0.6) is 0 Å². The number of carbonyl (C=O) groups excluding carboxylic acids is 1. The fraction of sp³-hybridized carbons (Fsp3) is 0.222. The highest BCUT2D eigenvalue weighted by atomic mass is 16.6. The van der Waals surface area contributed by atoms with Crippen LogP contribution in [0.25, 0.3) is 0 Å². The van der Waals surface area contributed by atoms with E-state index in [1.807, 2.05) is 0 Å². The predicted octanol–water partition coefficient (Wildman–Crippen LogP) is 0.514. The Morgan fingerprint density at radius 3 is 3.07 bits per heavy atom. The maximum absolute atomic E-state index is 10.5. The first-order valence-electron chi connectivity index (χ1n) is 4.09. The Labute approximate surface area is 81.6 Å². The van der Waals surface area contributed by atoms with Crippen LogP contribution in [0.1, 0.15) is 12.6 Å². The van der Waals surface area contributed by atoms with E-state index in [1.54, 1.807) is 31.4 Å². The average Bonchev–Trinajstić information content (AvgIpc) is 2.19. The van der Waals surface area contributed by atoms with Gasteiger partial charge in [-0.2, -0.15) is 0 Å². The van der Waals surface area contributed by atoms with Crippen LogP contribution in [0.3, 0.4) is 0 Å². The van der Waals surface area contributed by atoms with E-state index in [-0.39, 0.29) is 5.71 Å². The number of hydrogen-bond donors (Lipinski definition) is 1. The second-order valence-electron chi connectivity index (χ2n) is 2.41. The molecule has 0 aliphatic heterocycles. The van der Waals surface area contributed by atoms with Crippen LogP contribution < -0.4 is 5.73 Å². The van der Waals surface area contributed by atoms with Gasteiger partial charge < -0.3 is 10.6 Å². The van der Waals surface area contributed by atoms with Crippen molar-refractivity contribution in [3.63, 3.8) is 0 Å². The Kier molecular flexibility index (Phi) is 3.60. The van der Waals surface area contributed by atoms with Gasteiger partial charge in [0.15, 0.2) is 5.71 Å².